The van der Waals surface area contributed by atoms with E-state index in [9.17, 15) is 42.8 Å². The summed E-state index contributed by atoms with van der Waals surface area (Å²) >= 11 is 0. The van der Waals surface area contributed by atoms with Crippen molar-refractivity contribution in [2.24, 2.45) is 0 Å². The Morgan fingerprint density at radius 2 is 1.70 bits per heavy atom. The number of carboxylic acid groups (broad SMARTS) is 1. The number of allylic oxidation sites excluding steroid dienone is 5. The van der Waals surface area contributed by atoms with Crippen molar-refractivity contribution in [2.75, 3.05) is 13.7 Å². The molecule has 0 saturated carbocycles. The average molecular weight is 641 g/mol. The first kappa shape index (κ1) is 32.5. The summed E-state index contributed by atoms with van der Waals surface area (Å²) in [6.45, 7) is 3.89. The molecule has 0 fully saturated rings. The fourth-order valence-electron chi connectivity index (χ4n) is 6.48. The van der Waals surface area contributed by atoms with Crippen LogP contribution in [0.4, 0.5) is 18.9 Å². The number of ether oxygens (including phenoxy) is 2. The Bertz CT molecular complexity index is 1660. The van der Waals surface area contributed by atoms with E-state index in [-0.39, 0.29) is 55.3 Å². The standard InChI is InChI=1S/C33H31F3N2O8/c1-3-6-18-15-19(16-27(45-2)32(18)46-26-12-11-20(33(34,35)36)17-23(26)38(43)44)29-30-21(7-4-9-24(30)39)37(14-13-28(41)42)22-8-5-10-25(40)31(22)29/h3,11-12,15-17,29H,1,4-10,13-14H2,2H3,(H,41,42). The summed E-state index contributed by atoms with van der Waals surface area (Å²) in [4.78, 5) is 51.3. The van der Waals surface area contributed by atoms with Gasteiger partial charge in [-0.25, -0.2) is 0 Å². The summed E-state index contributed by atoms with van der Waals surface area (Å²) < 4.78 is 51.5. The molecule has 0 bridgehead atoms. The quantitative estimate of drug-likeness (QED) is 0.165. The van der Waals surface area contributed by atoms with E-state index in [0.717, 1.165) is 6.07 Å². The van der Waals surface area contributed by atoms with Crippen LogP contribution in [0.1, 0.15) is 67.6 Å². The molecule has 1 aliphatic heterocycles. The molecule has 2 aromatic rings. The van der Waals surface area contributed by atoms with Gasteiger partial charge in [-0.2, -0.15) is 13.2 Å². The second-order valence-corrected chi connectivity index (χ2v) is 11.2. The number of ketones is 2. The molecule has 0 spiro atoms. The number of methoxy groups -OCH3 is 1. The maximum absolute atomic E-state index is 13.6. The summed E-state index contributed by atoms with van der Waals surface area (Å²) in [5, 5.41) is 21.2. The van der Waals surface area contributed by atoms with Crippen LogP contribution in [0, 0.1) is 10.1 Å². The second kappa shape index (κ2) is 12.8. The minimum atomic E-state index is -4.81. The molecule has 2 aliphatic carbocycles. The highest BCUT2D eigenvalue weighted by Crippen LogP contribution is 2.51. The number of benzene rings is 2. The molecule has 10 nitrogen and oxygen atoms in total. The number of alkyl halides is 3. The largest absolute Gasteiger partial charge is 0.493 e. The van der Waals surface area contributed by atoms with Gasteiger partial charge in [0.15, 0.2) is 23.1 Å². The number of halogens is 3. The lowest BCUT2D eigenvalue weighted by Gasteiger charge is -2.44. The molecule has 3 aliphatic rings. The Morgan fingerprint density at radius 3 is 2.22 bits per heavy atom. The van der Waals surface area contributed by atoms with Gasteiger partial charge in [0.2, 0.25) is 5.75 Å². The molecule has 0 saturated heterocycles. The second-order valence-electron chi connectivity index (χ2n) is 11.2. The zero-order valence-electron chi connectivity index (χ0n) is 24.9. The van der Waals surface area contributed by atoms with Crippen LogP contribution in [0.3, 0.4) is 0 Å². The number of nitro benzene ring substituents is 1. The van der Waals surface area contributed by atoms with Gasteiger partial charge >= 0.3 is 17.8 Å². The van der Waals surface area contributed by atoms with Crippen LogP contribution in [0.25, 0.3) is 0 Å². The molecule has 0 atom stereocenters. The van der Waals surface area contributed by atoms with Gasteiger partial charge in [-0.05, 0) is 55.9 Å². The van der Waals surface area contributed by atoms with Crippen molar-refractivity contribution < 1.29 is 47.1 Å². The van der Waals surface area contributed by atoms with E-state index in [1.165, 1.54) is 13.2 Å². The van der Waals surface area contributed by atoms with Crippen molar-refractivity contribution in [1.29, 1.82) is 0 Å². The van der Waals surface area contributed by atoms with Gasteiger partial charge in [-0.3, -0.25) is 24.5 Å². The maximum Gasteiger partial charge on any atom is 0.416 e. The molecule has 0 unspecified atom stereocenters. The number of carbonyl (C=O) groups is 3. The maximum atomic E-state index is 13.6. The van der Waals surface area contributed by atoms with Crippen molar-refractivity contribution >= 4 is 23.2 Å². The topological polar surface area (TPSA) is 136 Å². The number of aliphatic carboxylic acids is 1. The van der Waals surface area contributed by atoms with Gasteiger partial charge in [0.1, 0.15) is 0 Å². The number of nitro groups is 1. The number of hydrogen-bond acceptors (Lipinski definition) is 8. The third-order valence-corrected chi connectivity index (χ3v) is 8.40. The predicted octanol–water partition coefficient (Wildman–Crippen LogP) is 7.03. The molecule has 242 valence electrons. The summed E-state index contributed by atoms with van der Waals surface area (Å²) in [6.07, 6.45) is -0.590. The third kappa shape index (κ3) is 6.13. The predicted molar refractivity (Wildman–Crippen MR) is 159 cm³/mol. The summed E-state index contributed by atoms with van der Waals surface area (Å²) in [6, 6.07) is 5.20. The van der Waals surface area contributed by atoms with Crippen LogP contribution in [0.2, 0.25) is 0 Å². The van der Waals surface area contributed by atoms with Crippen LogP contribution in [0.5, 0.6) is 17.2 Å². The molecule has 13 heteroatoms. The molecule has 0 aromatic heterocycles. The summed E-state index contributed by atoms with van der Waals surface area (Å²) in [5.74, 6) is -2.45. The third-order valence-electron chi connectivity index (χ3n) is 8.40. The Balaban J connectivity index is 1.68. The van der Waals surface area contributed by atoms with E-state index >= 15 is 0 Å². The van der Waals surface area contributed by atoms with Gasteiger partial charge in [-0.15, -0.1) is 6.58 Å². The van der Waals surface area contributed by atoms with Gasteiger partial charge < -0.3 is 19.5 Å². The molecular weight excluding hydrogens is 609 g/mol. The minimum absolute atomic E-state index is 0.00116. The van der Waals surface area contributed by atoms with Gasteiger partial charge in [0.25, 0.3) is 0 Å². The van der Waals surface area contributed by atoms with Crippen LogP contribution in [-0.2, 0) is 27.0 Å². The lowest BCUT2D eigenvalue weighted by Crippen LogP contribution is -2.40. The Hall–Kier alpha value is -4.94. The van der Waals surface area contributed by atoms with Gasteiger partial charge in [-0.1, -0.05) is 12.1 Å². The molecule has 1 heterocycles. The fourth-order valence-corrected chi connectivity index (χ4v) is 6.48. The van der Waals surface area contributed by atoms with E-state index in [0.29, 0.717) is 71.5 Å². The molecule has 46 heavy (non-hydrogen) atoms. The highest BCUT2D eigenvalue weighted by atomic mass is 19.4. The Morgan fingerprint density at radius 1 is 1.07 bits per heavy atom. The lowest BCUT2D eigenvalue weighted by molar-refractivity contribution is -0.385. The van der Waals surface area contributed by atoms with Crippen molar-refractivity contribution in [2.45, 2.75) is 63.5 Å². The van der Waals surface area contributed by atoms with Crippen LogP contribution in [0.15, 0.2) is 65.5 Å². The number of nitrogens with zero attached hydrogens (tertiary/aromatic N) is 2. The molecular formula is C33H31F3N2O8. The minimum Gasteiger partial charge on any atom is -0.493 e. The molecule has 1 N–H and O–H groups in total. The first-order chi connectivity index (χ1) is 21.8. The Labute approximate surface area is 261 Å². The number of carboxylic acids is 1. The van der Waals surface area contributed by atoms with Crippen molar-refractivity contribution in [3.63, 3.8) is 0 Å². The van der Waals surface area contributed by atoms with Crippen LogP contribution in [-0.4, -0.2) is 46.1 Å². The van der Waals surface area contributed by atoms with E-state index < -0.39 is 40.0 Å². The SMILES string of the molecule is C=CCc1cc(C2C3=C(CCCC3=O)N(CCC(=O)O)C3=C2C(=O)CCC3)cc(OC)c1Oc1ccc(C(F)(F)F)cc1[N+](=O)[O-]. The van der Waals surface area contributed by atoms with E-state index in [2.05, 4.69) is 6.58 Å². The first-order valence-electron chi connectivity index (χ1n) is 14.7. The van der Waals surface area contributed by atoms with Gasteiger partial charge in [0.05, 0.1) is 24.0 Å². The van der Waals surface area contributed by atoms with Crippen LogP contribution < -0.4 is 9.47 Å². The number of Topliss-reactive ketones (excluding diaryl/α,β-unsaturated/α-hetero) is 2. The zero-order chi connectivity index (χ0) is 33.3. The lowest BCUT2D eigenvalue weighted by atomic mass is 9.70. The van der Waals surface area contributed by atoms with E-state index in [1.807, 2.05) is 4.90 Å². The monoisotopic (exact) mass is 640 g/mol. The molecule has 0 amide bonds. The smallest absolute Gasteiger partial charge is 0.416 e. The van der Waals surface area contributed by atoms with Gasteiger partial charge in [0, 0.05) is 59.5 Å². The van der Waals surface area contributed by atoms with Crippen LogP contribution >= 0.6 is 0 Å². The number of carbonyl (C=O) groups excluding carboxylic acids is 2. The average Bonchev–Trinajstić information content (AvgIpc) is 3.00. The fraction of sp³-hybridized carbons (Fsp3) is 0.364. The first-order valence-corrected chi connectivity index (χ1v) is 14.7. The highest BCUT2D eigenvalue weighted by Gasteiger charge is 2.44. The molecule has 5 rings (SSSR count). The molecule has 2 aromatic carbocycles. The summed E-state index contributed by atoms with van der Waals surface area (Å²) in [7, 11) is 1.33. The van der Waals surface area contributed by atoms with Crippen molar-refractivity contribution in [3.05, 3.63) is 92.3 Å². The number of hydrogen-bond donors (Lipinski definition) is 1. The zero-order valence-corrected chi connectivity index (χ0v) is 24.9. The van der Waals surface area contributed by atoms with E-state index in [4.69, 9.17) is 9.47 Å². The molecule has 0 radical (unpaired) electrons. The highest BCUT2D eigenvalue weighted by molar-refractivity contribution is 6.06. The summed E-state index contributed by atoms with van der Waals surface area (Å²) in [5.41, 5.74) is 1.05. The van der Waals surface area contributed by atoms with Crippen molar-refractivity contribution in [1.82, 2.24) is 4.90 Å². The van der Waals surface area contributed by atoms with E-state index in [1.54, 1.807) is 12.1 Å². The normalized spacial score (nSPS) is 17.1. The number of rotatable bonds is 10. The Kier molecular flexibility index (Phi) is 9.04. The van der Waals surface area contributed by atoms with Crippen molar-refractivity contribution in [3.8, 4) is 17.2 Å².